The lowest BCUT2D eigenvalue weighted by Gasteiger charge is -2.14. The van der Waals surface area contributed by atoms with Gasteiger partial charge >= 0.3 is 0 Å². The molecule has 134 valence electrons. The Morgan fingerprint density at radius 1 is 1.15 bits per heavy atom. The Kier molecular flexibility index (Phi) is 4.55. The van der Waals surface area contributed by atoms with Crippen LogP contribution in [-0.4, -0.2) is 27.4 Å². The first-order chi connectivity index (χ1) is 13.1. The summed E-state index contributed by atoms with van der Waals surface area (Å²) in [5.74, 6) is 0.603. The SMILES string of the molecule is COc1cccc2ccc(C=C3SC(=S)N(c4ccc(O)cc4)C3=O)nc12. The number of carbonyl (C=O) groups is 1. The van der Waals surface area contributed by atoms with Gasteiger partial charge in [0.25, 0.3) is 5.91 Å². The molecule has 1 aromatic heterocycles. The van der Waals surface area contributed by atoms with Crippen LogP contribution in [0.2, 0.25) is 0 Å². The molecule has 0 atom stereocenters. The monoisotopic (exact) mass is 394 g/mol. The largest absolute Gasteiger partial charge is 0.508 e. The molecular weight excluding hydrogens is 380 g/mol. The zero-order chi connectivity index (χ0) is 19.0. The molecule has 1 aliphatic heterocycles. The number of ether oxygens (including phenoxy) is 1. The molecule has 1 amide bonds. The van der Waals surface area contributed by atoms with Gasteiger partial charge in [0.2, 0.25) is 0 Å². The number of anilines is 1. The van der Waals surface area contributed by atoms with Gasteiger partial charge in [-0.3, -0.25) is 9.69 Å². The van der Waals surface area contributed by atoms with Crippen LogP contribution >= 0.6 is 24.0 Å². The van der Waals surface area contributed by atoms with Gasteiger partial charge in [0, 0.05) is 5.39 Å². The number of aromatic nitrogens is 1. The van der Waals surface area contributed by atoms with Crippen LogP contribution in [0.1, 0.15) is 5.69 Å². The zero-order valence-electron chi connectivity index (χ0n) is 14.2. The number of pyridine rings is 1. The van der Waals surface area contributed by atoms with Gasteiger partial charge in [0.05, 0.1) is 23.4 Å². The molecule has 0 saturated carbocycles. The first-order valence-electron chi connectivity index (χ1n) is 8.07. The third-order valence-electron chi connectivity index (χ3n) is 4.11. The van der Waals surface area contributed by atoms with Crippen LogP contribution < -0.4 is 9.64 Å². The Balaban J connectivity index is 1.70. The van der Waals surface area contributed by atoms with Crippen molar-refractivity contribution >= 4 is 56.9 Å². The Morgan fingerprint density at radius 3 is 2.67 bits per heavy atom. The summed E-state index contributed by atoms with van der Waals surface area (Å²) in [6, 6.07) is 15.9. The van der Waals surface area contributed by atoms with Crippen molar-refractivity contribution in [2.75, 3.05) is 12.0 Å². The maximum Gasteiger partial charge on any atom is 0.270 e. The molecule has 7 heteroatoms. The standard InChI is InChI=1S/C20H14N2O3S2/c1-25-16-4-2-3-12-5-6-13(21-18(12)16)11-17-19(24)22(20(26)27-17)14-7-9-15(23)10-8-14/h2-11,23H,1H3. The maximum atomic E-state index is 12.8. The number of rotatable bonds is 3. The number of aromatic hydroxyl groups is 1. The third kappa shape index (κ3) is 3.27. The van der Waals surface area contributed by atoms with Crippen LogP contribution in [0.5, 0.6) is 11.5 Å². The quantitative estimate of drug-likeness (QED) is 0.526. The van der Waals surface area contributed by atoms with Gasteiger partial charge < -0.3 is 9.84 Å². The second-order valence-electron chi connectivity index (χ2n) is 5.80. The first kappa shape index (κ1) is 17.5. The summed E-state index contributed by atoms with van der Waals surface area (Å²) in [4.78, 5) is 19.4. The summed E-state index contributed by atoms with van der Waals surface area (Å²) in [6.07, 6.45) is 1.73. The van der Waals surface area contributed by atoms with Gasteiger partial charge in [-0.1, -0.05) is 42.2 Å². The number of thiocarbonyl (C=S) groups is 1. The van der Waals surface area contributed by atoms with Crippen molar-refractivity contribution in [2.45, 2.75) is 0 Å². The highest BCUT2D eigenvalue weighted by atomic mass is 32.2. The molecule has 3 aromatic rings. The van der Waals surface area contributed by atoms with Crippen LogP contribution in [0.25, 0.3) is 17.0 Å². The average molecular weight is 394 g/mol. The topological polar surface area (TPSA) is 62.7 Å². The minimum atomic E-state index is -0.211. The van der Waals surface area contributed by atoms with Crippen molar-refractivity contribution in [3.63, 3.8) is 0 Å². The molecule has 2 aromatic carbocycles. The van der Waals surface area contributed by atoms with Crippen molar-refractivity contribution < 1.29 is 14.6 Å². The lowest BCUT2D eigenvalue weighted by Crippen LogP contribution is -2.27. The normalized spacial score (nSPS) is 15.7. The van der Waals surface area contributed by atoms with E-state index >= 15 is 0 Å². The van der Waals surface area contributed by atoms with Crippen LogP contribution in [0.4, 0.5) is 5.69 Å². The van der Waals surface area contributed by atoms with E-state index in [1.165, 1.54) is 28.8 Å². The van der Waals surface area contributed by atoms with E-state index in [1.807, 2.05) is 30.3 Å². The van der Waals surface area contributed by atoms with E-state index in [-0.39, 0.29) is 11.7 Å². The first-order valence-corrected chi connectivity index (χ1v) is 9.30. The molecular formula is C20H14N2O3S2. The van der Waals surface area contributed by atoms with E-state index in [1.54, 1.807) is 25.3 Å². The van der Waals surface area contributed by atoms with Gasteiger partial charge in [0.15, 0.2) is 4.32 Å². The number of benzene rings is 2. The van der Waals surface area contributed by atoms with Crippen molar-refractivity contribution in [1.82, 2.24) is 4.98 Å². The number of amides is 1. The van der Waals surface area contributed by atoms with Crippen LogP contribution in [0.3, 0.4) is 0 Å². The fraction of sp³-hybridized carbons (Fsp3) is 0.0500. The van der Waals surface area contributed by atoms with Crippen LogP contribution in [-0.2, 0) is 4.79 Å². The number of methoxy groups -OCH3 is 1. The lowest BCUT2D eigenvalue weighted by atomic mass is 10.2. The van der Waals surface area contributed by atoms with Gasteiger partial charge in [-0.15, -0.1) is 0 Å². The maximum absolute atomic E-state index is 12.8. The number of hydrogen-bond acceptors (Lipinski definition) is 6. The third-order valence-corrected chi connectivity index (χ3v) is 5.41. The summed E-state index contributed by atoms with van der Waals surface area (Å²) in [5, 5.41) is 10.4. The molecule has 0 unspecified atom stereocenters. The van der Waals surface area contributed by atoms with Crippen molar-refractivity contribution in [3.05, 3.63) is 65.2 Å². The minimum absolute atomic E-state index is 0.133. The number of thioether (sulfide) groups is 1. The second kappa shape index (κ2) is 7.02. The molecule has 0 spiro atoms. The fourth-order valence-corrected chi connectivity index (χ4v) is 4.09. The highest BCUT2D eigenvalue weighted by Gasteiger charge is 2.33. The number of nitrogens with zero attached hydrogens (tertiary/aromatic N) is 2. The molecule has 1 N–H and O–H groups in total. The molecule has 5 nitrogen and oxygen atoms in total. The average Bonchev–Trinajstić information content (AvgIpc) is 2.95. The van der Waals surface area contributed by atoms with E-state index in [9.17, 15) is 9.90 Å². The van der Waals surface area contributed by atoms with E-state index in [2.05, 4.69) is 4.98 Å². The summed E-state index contributed by atoms with van der Waals surface area (Å²) in [7, 11) is 1.60. The lowest BCUT2D eigenvalue weighted by molar-refractivity contribution is -0.113. The van der Waals surface area contributed by atoms with Gasteiger partial charge in [-0.05, 0) is 42.5 Å². The number of hydrogen-bond donors (Lipinski definition) is 1. The zero-order valence-corrected chi connectivity index (χ0v) is 15.9. The number of para-hydroxylation sites is 1. The van der Waals surface area contributed by atoms with Crippen molar-refractivity contribution in [1.29, 1.82) is 0 Å². The molecule has 0 bridgehead atoms. The summed E-state index contributed by atoms with van der Waals surface area (Å²) in [5.41, 5.74) is 2.01. The van der Waals surface area contributed by atoms with E-state index in [0.29, 0.717) is 26.4 Å². The minimum Gasteiger partial charge on any atom is -0.508 e. The Morgan fingerprint density at radius 2 is 1.93 bits per heavy atom. The molecule has 4 rings (SSSR count). The fourth-order valence-electron chi connectivity index (χ4n) is 2.81. The van der Waals surface area contributed by atoms with Gasteiger partial charge in [-0.25, -0.2) is 4.98 Å². The molecule has 1 aliphatic rings. The summed E-state index contributed by atoms with van der Waals surface area (Å²) in [6.45, 7) is 0. The smallest absolute Gasteiger partial charge is 0.270 e. The molecule has 1 fully saturated rings. The molecule has 2 heterocycles. The predicted octanol–water partition coefficient (Wildman–Crippen LogP) is 4.35. The molecule has 1 saturated heterocycles. The summed E-state index contributed by atoms with van der Waals surface area (Å²) >= 11 is 6.59. The van der Waals surface area contributed by atoms with Gasteiger partial charge in [-0.2, -0.15) is 0 Å². The number of fused-ring (bicyclic) bond motifs is 1. The Labute approximate surface area is 165 Å². The molecule has 27 heavy (non-hydrogen) atoms. The highest BCUT2D eigenvalue weighted by Crippen LogP contribution is 2.36. The van der Waals surface area contributed by atoms with Crippen LogP contribution in [0, 0.1) is 0 Å². The number of carbonyl (C=O) groups excluding carboxylic acids is 1. The summed E-state index contributed by atoms with van der Waals surface area (Å²) < 4.78 is 5.81. The van der Waals surface area contributed by atoms with E-state index < -0.39 is 0 Å². The van der Waals surface area contributed by atoms with Gasteiger partial charge in [0.1, 0.15) is 17.0 Å². The van der Waals surface area contributed by atoms with E-state index in [4.69, 9.17) is 17.0 Å². The second-order valence-corrected chi connectivity index (χ2v) is 7.48. The predicted molar refractivity (Wildman–Crippen MR) is 112 cm³/mol. The van der Waals surface area contributed by atoms with E-state index in [0.717, 1.165) is 10.9 Å². The Bertz CT molecular complexity index is 1090. The molecule has 0 radical (unpaired) electrons. The highest BCUT2D eigenvalue weighted by molar-refractivity contribution is 8.27. The van der Waals surface area contributed by atoms with Crippen LogP contribution in [0.15, 0.2) is 59.5 Å². The Hall–Kier alpha value is -2.90. The van der Waals surface area contributed by atoms with Crippen molar-refractivity contribution in [2.24, 2.45) is 0 Å². The number of phenolic OH excluding ortho intramolecular Hbond substituents is 1. The van der Waals surface area contributed by atoms with Crippen molar-refractivity contribution in [3.8, 4) is 11.5 Å². The number of phenols is 1. The molecule has 0 aliphatic carbocycles.